The van der Waals surface area contributed by atoms with Gasteiger partial charge in [0.1, 0.15) is 13.2 Å². The van der Waals surface area contributed by atoms with Crippen molar-refractivity contribution in [1.29, 1.82) is 0 Å². The first kappa shape index (κ1) is 9.76. The van der Waals surface area contributed by atoms with E-state index in [1.165, 1.54) is 0 Å². The maximum absolute atomic E-state index is 10.0. The third-order valence-electron chi connectivity index (χ3n) is 2.25. The molecule has 0 unspecified atom stereocenters. The van der Waals surface area contributed by atoms with Gasteiger partial charge in [0.2, 0.25) is 0 Å². The molecule has 80 valence electrons. The van der Waals surface area contributed by atoms with Gasteiger partial charge in [-0.15, -0.1) is 0 Å². The topological polar surface area (TPSA) is 51.7 Å². The molecule has 0 atom stereocenters. The highest BCUT2D eigenvalue weighted by Gasteiger charge is 2.16. The van der Waals surface area contributed by atoms with E-state index in [0.29, 0.717) is 13.1 Å². The van der Waals surface area contributed by atoms with E-state index < -0.39 is 0 Å². The molecule has 0 saturated carbocycles. The van der Waals surface area contributed by atoms with Crippen molar-refractivity contribution < 1.29 is 14.3 Å². The molecule has 0 amide bonds. The molecule has 1 aliphatic rings. The van der Waals surface area contributed by atoms with Gasteiger partial charge in [0.05, 0.1) is 6.54 Å². The Hall–Kier alpha value is -1.78. The normalized spacial score (nSPS) is 14.1. The number of nitrogens with zero attached hydrogens (tertiary/aromatic N) is 2. The Bertz CT molecular complexity index is 368. The van der Waals surface area contributed by atoms with Crippen molar-refractivity contribution in [2.45, 2.75) is 6.61 Å². The fourth-order valence-electron chi connectivity index (χ4n) is 1.48. The van der Waals surface area contributed by atoms with Gasteiger partial charge < -0.3 is 14.4 Å². The van der Waals surface area contributed by atoms with Crippen LogP contribution in [0.4, 0.5) is 5.82 Å². The number of fused-ring (bicyclic) bond motifs is 1. The number of pyridine rings is 1. The number of carbonyl (C=O) groups excluding carboxylic acids is 1. The Labute approximate surface area is 87.6 Å². The zero-order chi connectivity index (χ0) is 10.7. The first-order chi connectivity index (χ1) is 7.31. The molecule has 0 bridgehead atoms. The molecule has 0 radical (unpaired) electrons. The van der Waals surface area contributed by atoms with Gasteiger partial charge in [-0.05, 0) is 6.07 Å². The van der Waals surface area contributed by atoms with Gasteiger partial charge in [-0.1, -0.05) is 0 Å². The van der Waals surface area contributed by atoms with E-state index in [1.807, 2.05) is 18.0 Å². The highest BCUT2D eigenvalue weighted by Crippen LogP contribution is 2.28. The number of carbonyl (C=O) groups is 1. The number of anilines is 1. The largest absolute Gasteiger partial charge is 0.488 e. The number of aromatic nitrogens is 1. The SMILES string of the molecule is CN1CCOc2cc(COC=O)cnc21. The second kappa shape index (κ2) is 4.16. The summed E-state index contributed by atoms with van der Waals surface area (Å²) in [6.07, 6.45) is 1.69. The van der Waals surface area contributed by atoms with Crippen LogP contribution >= 0.6 is 0 Å². The minimum Gasteiger partial charge on any atom is -0.488 e. The van der Waals surface area contributed by atoms with Crippen LogP contribution < -0.4 is 9.64 Å². The first-order valence-electron chi connectivity index (χ1n) is 4.69. The summed E-state index contributed by atoms with van der Waals surface area (Å²) in [6.45, 7) is 2.15. The van der Waals surface area contributed by atoms with Crippen LogP contribution in [0.25, 0.3) is 0 Å². The van der Waals surface area contributed by atoms with Crippen LogP contribution in [0.5, 0.6) is 5.75 Å². The molecule has 15 heavy (non-hydrogen) atoms. The van der Waals surface area contributed by atoms with E-state index in [4.69, 9.17) is 4.74 Å². The van der Waals surface area contributed by atoms with Gasteiger partial charge in [0.25, 0.3) is 6.47 Å². The Kier molecular flexibility index (Phi) is 2.71. The summed E-state index contributed by atoms with van der Waals surface area (Å²) in [6, 6.07) is 1.85. The summed E-state index contributed by atoms with van der Waals surface area (Å²) in [5, 5.41) is 0. The molecular weight excluding hydrogens is 196 g/mol. The Morgan fingerprint density at radius 1 is 1.73 bits per heavy atom. The zero-order valence-electron chi connectivity index (χ0n) is 8.47. The van der Waals surface area contributed by atoms with Gasteiger partial charge in [-0.3, -0.25) is 4.79 Å². The highest BCUT2D eigenvalue weighted by molar-refractivity contribution is 5.54. The molecule has 2 heterocycles. The van der Waals surface area contributed by atoms with Crippen molar-refractivity contribution in [3.05, 3.63) is 17.8 Å². The maximum atomic E-state index is 10.0. The van der Waals surface area contributed by atoms with E-state index >= 15 is 0 Å². The summed E-state index contributed by atoms with van der Waals surface area (Å²) >= 11 is 0. The first-order valence-corrected chi connectivity index (χ1v) is 4.69. The molecule has 2 rings (SSSR count). The molecule has 1 aromatic heterocycles. The lowest BCUT2D eigenvalue weighted by atomic mass is 10.2. The quantitative estimate of drug-likeness (QED) is 0.680. The number of likely N-dealkylation sites (N-methyl/N-ethyl adjacent to an activating group) is 1. The number of rotatable bonds is 3. The predicted molar refractivity (Wildman–Crippen MR) is 53.9 cm³/mol. The molecule has 0 saturated heterocycles. The molecule has 5 nitrogen and oxygen atoms in total. The van der Waals surface area contributed by atoms with Crippen molar-refractivity contribution in [2.24, 2.45) is 0 Å². The maximum Gasteiger partial charge on any atom is 0.293 e. The Balaban J connectivity index is 2.21. The summed E-state index contributed by atoms with van der Waals surface area (Å²) in [7, 11) is 1.97. The highest BCUT2D eigenvalue weighted by atomic mass is 16.5. The second-order valence-corrected chi connectivity index (χ2v) is 3.34. The number of hydrogen-bond donors (Lipinski definition) is 0. The number of hydrogen-bond acceptors (Lipinski definition) is 5. The Morgan fingerprint density at radius 2 is 2.60 bits per heavy atom. The average Bonchev–Trinajstić information content (AvgIpc) is 2.26. The summed E-state index contributed by atoms with van der Waals surface area (Å²) in [5.74, 6) is 1.58. The molecule has 5 heteroatoms. The smallest absolute Gasteiger partial charge is 0.293 e. The summed E-state index contributed by atoms with van der Waals surface area (Å²) in [5.41, 5.74) is 0.830. The molecule has 0 aliphatic carbocycles. The van der Waals surface area contributed by atoms with Crippen LogP contribution in [-0.4, -0.2) is 31.7 Å². The average molecular weight is 208 g/mol. The summed E-state index contributed by atoms with van der Waals surface area (Å²) in [4.78, 5) is 16.3. The lowest BCUT2D eigenvalue weighted by Gasteiger charge is -2.26. The third-order valence-corrected chi connectivity index (χ3v) is 2.25. The minimum atomic E-state index is 0.233. The van der Waals surface area contributed by atoms with Gasteiger partial charge in [-0.25, -0.2) is 4.98 Å². The van der Waals surface area contributed by atoms with Crippen molar-refractivity contribution in [1.82, 2.24) is 4.98 Å². The fourth-order valence-corrected chi connectivity index (χ4v) is 1.48. The van der Waals surface area contributed by atoms with E-state index in [1.54, 1.807) is 6.20 Å². The third kappa shape index (κ3) is 2.01. The minimum absolute atomic E-state index is 0.233. The van der Waals surface area contributed by atoms with Crippen LogP contribution in [0, 0.1) is 0 Å². The zero-order valence-corrected chi connectivity index (χ0v) is 8.47. The Morgan fingerprint density at radius 3 is 3.40 bits per heavy atom. The van der Waals surface area contributed by atoms with Crippen molar-refractivity contribution in [3.63, 3.8) is 0 Å². The van der Waals surface area contributed by atoms with Crippen LogP contribution in [0.3, 0.4) is 0 Å². The van der Waals surface area contributed by atoms with E-state index in [2.05, 4.69) is 9.72 Å². The van der Waals surface area contributed by atoms with Gasteiger partial charge >= 0.3 is 0 Å². The van der Waals surface area contributed by atoms with Crippen molar-refractivity contribution >= 4 is 12.3 Å². The number of ether oxygens (including phenoxy) is 2. The van der Waals surface area contributed by atoms with Gasteiger partial charge in [-0.2, -0.15) is 0 Å². The van der Waals surface area contributed by atoms with E-state index in [-0.39, 0.29) is 6.61 Å². The van der Waals surface area contributed by atoms with Gasteiger partial charge in [0.15, 0.2) is 11.6 Å². The molecule has 1 aromatic rings. The second-order valence-electron chi connectivity index (χ2n) is 3.34. The molecule has 0 fully saturated rings. The van der Waals surface area contributed by atoms with Crippen LogP contribution in [0.2, 0.25) is 0 Å². The standard InChI is InChI=1S/C10H12N2O3/c1-12-2-3-15-9-4-8(6-14-7-13)5-11-10(9)12/h4-5,7H,2-3,6H2,1H3. The predicted octanol–water partition coefficient (Wildman–Crippen LogP) is 0.583. The van der Waals surface area contributed by atoms with Crippen molar-refractivity contribution in [3.8, 4) is 5.75 Å². The lowest BCUT2D eigenvalue weighted by Crippen LogP contribution is -2.29. The molecule has 0 spiro atoms. The molecule has 0 aromatic carbocycles. The molecular formula is C10H12N2O3. The van der Waals surface area contributed by atoms with Crippen LogP contribution in [0.1, 0.15) is 5.56 Å². The van der Waals surface area contributed by atoms with Gasteiger partial charge in [0, 0.05) is 18.8 Å². The summed E-state index contributed by atoms with van der Waals surface area (Å²) < 4.78 is 10.1. The van der Waals surface area contributed by atoms with E-state index in [9.17, 15) is 4.79 Å². The van der Waals surface area contributed by atoms with Crippen molar-refractivity contribution in [2.75, 3.05) is 25.1 Å². The lowest BCUT2D eigenvalue weighted by molar-refractivity contribution is -0.129. The molecule has 1 aliphatic heterocycles. The fraction of sp³-hybridized carbons (Fsp3) is 0.400. The van der Waals surface area contributed by atoms with E-state index in [0.717, 1.165) is 23.7 Å². The molecule has 0 N–H and O–H groups in total. The van der Waals surface area contributed by atoms with Crippen LogP contribution in [0.15, 0.2) is 12.3 Å². The monoisotopic (exact) mass is 208 g/mol. The van der Waals surface area contributed by atoms with Crippen LogP contribution in [-0.2, 0) is 16.1 Å².